The highest BCUT2D eigenvalue weighted by Gasteiger charge is 2.37. The first-order valence-corrected chi connectivity index (χ1v) is 11.3. The van der Waals surface area contributed by atoms with Gasteiger partial charge in [0.15, 0.2) is 0 Å². The Kier molecular flexibility index (Phi) is 14.3. The zero-order valence-corrected chi connectivity index (χ0v) is 19.0. The molecule has 0 radical (unpaired) electrons. The van der Waals surface area contributed by atoms with Crippen LogP contribution in [-0.4, -0.2) is 34.1 Å². The van der Waals surface area contributed by atoms with Gasteiger partial charge in [0.25, 0.3) is 0 Å². The molecule has 2 unspecified atom stereocenters. The van der Waals surface area contributed by atoms with Gasteiger partial charge < -0.3 is 16.6 Å². The number of carbonyl (C=O) groups excluding carboxylic acids is 2. The Hall–Kier alpha value is -1.67. The normalized spacial score (nSPS) is 15.1. The predicted octanol–water partition coefficient (Wildman–Crippen LogP) is 3.99. The largest absolute Gasteiger partial charge is 0.480 e. The van der Waals surface area contributed by atoms with E-state index in [-0.39, 0.29) is 19.3 Å². The first-order chi connectivity index (χ1) is 14.0. The van der Waals surface area contributed by atoms with Crippen LogP contribution in [0, 0.1) is 0 Å². The van der Waals surface area contributed by atoms with Gasteiger partial charge in [0.1, 0.15) is 11.1 Å². The molecule has 0 aliphatic carbocycles. The summed E-state index contributed by atoms with van der Waals surface area (Å²) in [6.07, 6.45) is 13.0. The maximum atomic E-state index is 12.0. The smallest absolute Gasteiger partial charge is 0.374 e. The van der Waals surface area contributed by atoms with Crippen LogP contribution in [0.15, 0.2) is 0 Å². The van der Waals surface area contributed by atoms with Gasteiger partial charge in [-0.25, -0.2) is 19.4 Å². The fourth-order valence-corrected chi connectivity index (χ4v) is 2.88. The second-order valence-electron chi connectivity index (χ2n) is 8.75. The summed E-state index contributed by atoms with van der Waals surface area (Å²) in [5, 5.41) is 9.00. The van der Waals surface area contributed by atoms with Crippen molar-refractivity contribution in [2.45, 2.75) is 122 Å². The van der Waals surface area contributed by atoms with Gasteiger partial charge in [-0.05, 0) is 33.1 Å². The quantitative estimate of drug-likeness (QED) is 0.179. The van der Waals surface area contributed by atoms with E-state index in [1.54, 1.807) is 0 Å². The van der Waals surface area contributed by atoms with Crippen LogP contribution in [0.25, 0.3) is 0 Å². The second-order valence-corrected chi connectivity index (χ2v) is 8.75. The van der Waals surface area contributed by atoms with Crippen LogP contribution in [0.2, 0.25) is 0 Å². The van der Waals surface area contributed by atoms with Gasteiger partial charge in [0.05, 0.1) is 6.42 Å². The first kappa shape index (κ1) is 28.3. The van der Waals surface area contributed by atoms with Crippen LogP contribution in [0.1, 0.15) is 111 Å². The molecule has 30 heavy (non-hydrogen) atoms. The van der Waals surface area contributed by atoms with Gasteiger partial charge in [-0.15, -0.1) is 0 Å². The summed E-state index contributed by atoms with van der Waals surface area (Å²) in [4.78, 5) is 43.8. The van der Waals surface area contributed by atoms with Crippen molar-refractivity contribution >= 4 is 17.9 Å². The molecule has 5 N–H and O–H groups in total. The summed E-state index contributed by atoms with van der Waals surface area (Å²) in [6.45, 7) is 4.94. The maximum absolute atomic E-state index is 12.0. The third kappa shape index (κ3) is 13.5. The van der Waals surface area contributed by atoms with Gasteiger partial charge in [-0.3, -0.25) is 4.79 Å². The molecule has 0 aromatic rings. The zero-order valence-electron chi connectivity index (χ0n) is 19.0. The van der Waals surface area contributed by atoms with Crippen molar-refractivity contribution in [1.82, 2.24) is 0 Å². The number of nitrogens with two attached hydrogens (primary N) is 2. The molecular formula is C22H42N2O6. The van der Waals surface area contributed by atoms with E-state index in [1.165, 1.54) is 65.2 Å². The third-order valence-electron chi connectivity index (χ3n) is 5.31. The van der Waals surface area contributed by atoms with E-state index in [4.69, 9.17) is 16.6 Å². The number of hydrogen-bond donors (Lipinski definition) is 3. The molecule has 0 heterocycles. The number of carboxylic acid groups (broad SMARTS) is 1. The molecule has 0 aromatic carbocycles. The minimum atomic E-state index is -1.51. The van der Waals surface area contributed by atoms with Crippen LogP contribution >= 0.6 is 0 Å². The third-order valence-corrected chi connectivity index (χ3v) is 5.31. The minimum Gasteiger partial charge on any atom is -0.480 e. The first-order valence-electron chi connectivity index (χ1n) is 11.3. The highest BCUT2D eigenvalue weighted by Crippen LogP contribution is 2.18. The van der Waals surface area contributed by atoms with Crippen molar-refractivity contribution in [3.63, 3.8) is 0 Å². The van der Waals surface area contributed by atoms with Gasteiger partial charge >= 0.3 is 17.9 Å². The van der Waals surface area contributed by atoms with E-state index in [1.807, 2.05) is 0 Å². The molecule has 0 spiro atoms. The number of unbranched alkanes of at least 4 members (excludes halogenated alkanes) is 10. The molecule has 0 amide bonds. The fraction of sp³-hybridized carbons (Fsp3) is 0.864. The lowest BCUT2D eigenvalue weighted by atomic mass is 9.88. The number of hydrogen-bond acceptors (Lipinski definition) is 7. The number of carboxylic acids is 1. The van der Waals surface area contributed by atoms with Crippen molar-refractivity contribution in [2.24, 2.45) is 11.5 Å². The summed E-state index contributed by atoms with van der Waals surface area (Å²) in [7, 11) is 0. The highest BCUT2D eigenvalue weighted by molar-refractivity contribution is 5.81. The molecule has 0 rings (SSSR count). The predicted molar refractivity (Wildman–Crippen MR) is 115 cm³/mol. The van der Waals surface area contributed by atoms with Gasteiger partial charge in [0.2, 0.25) is 0 Å². The Balaban J connectivity index is 3.82. The lowest BCUT2D eigenvalue weighted by Gasteiger charge is -2.25. The molecule has 176 valence electrons. The molecule has 0 saturated carbocycles. The second kappa shape index (κ2) is 15.2. The SMILES string of the molecule is CCCCCCCCCCCCCC(=O)OOC(=O)C(C)(N)CCC(C)(N)C(=O)O. The molecule has 8 heteroatoms. The number of rotatable bonds is 17. The van der Waals surface area contributed by atoms with Gasteiger partial charge in [-0.1, -0.05) is 71.1 Å². The molecular weight excluding hydrogens is 388 g/mol. The summed E-state index contributed by atoms with van der Waals surface area (Å²) < 4.78 is 0. The van der Waals surface area contributed by atoms with Crippen molar-refractivity contribution in [1.29, 1.82) is 0 Å². The van der Waals surface area contributed by atoms with E-state index < -0.39 is 29.0 Å². The van der Waals surface area contributed by atoms with Crippen LogP contribution in [0.5, 0.6) is 0 Å². The van der Waals surface area contributed by atoms with Crippen LogP contribution in [-0.2, 0) is 24.2 Å². The van der Waals surface area contributed by atoms with Crippen LogP contribution < -0.4 is 11.5 Å². The lowest BCUT2D eigenvalue weighted by Crippen LogP contribution is -2.51. The molecule has 8 nitrogen and oxygen atoms in total. The van der Waals surface area contributed by atoms with Crippen molar-refractivity contribution in [2.75, 3.05) is 0 Å². The zero-order chi connectivity index (χ0) is 23.0. The van der Waals surface area contributed by atoms with E-state index >= 15 is 0 Å². The summed E-state index contributed by atoms with van der Waals surface area (Å²) in [5.41, 5.74) is 8.47. The lowest BCUT2D eigenvalue weighted by molar-refractivity contribution is -0.263. The maximum Gasteiger partial charge on any atom is 0.374 e. The van der Waals surface area contributed by atoms with Crippen molar-refractivity contribution in [3.05, 3.63) is 0 Å². The van der Waals surface area contributed by atoms with Gasteiger partial charge in [-0.2, -0.15) is 0 Å². The van der Waals surface area contributed by atoms with Crippen molar-refractivity contribution < 1.29 is 29.3 Å². The summed E-state index contributed by atoms with van der Waals surface area (Å²) in [5.74, 6) is -2.75. The molecule has 0 bridgehead atoms. The standard InChI is InChI=1S/C22H42N2O6/c1-4-5-6-7-8-9-10-11-12-13-14-15-18(25)29-30-20(28)22(3,24)17-16-21(2,23)19(26)27/h4-17,23-24H2,1-3H3,(H,26,27). The topological polar surface area (TPSA) is 142 Å². The molecule has 0 aliphatic rings. The summed E-state index contributed by atoms with van der Waals surface area (Å²) in [6, 6.07) is 0. The molecule has 0 aliphatic heterocycles. The molecule has 0 aromatic heterocycles. The van der Waals surface area contributed by atoms with Crippen molar-refractivity contribution in [3.8, 4) is 0 Å². The van der Waals surface area contributed by atoms with Crippen LogP contribution in [0.4, 0.5) is 0 Å². The Morgan fingerprint density at radius 1 is 0.733 bits per heavy atom. The minimum absolute atomic E-state index is 0.0265. The van der Waals surface area contributed by atoms with E-state index in [2.05, 4.69) is 16.7 Å². The van der Waals surface area contributed by atoms with Crippen LogP contribution in [0.3, 0.4) is 0 Å². The fourth-order valence-electron chi connectivity index (χ4n) is 2.88. The Labute approximate surface area is 181 Å². The van der Waals surface area contributed by atoms with E-state index in [0.29, 0.717) is 6.42 Å². The Morgan fingerprint density at radius 2 is 1.17 bits per heavy atom. The summed E-state index contributed by atoms with van der Waals surface area (Å²) >= 11 is 0. The monoisotopic (exact) mass is 430 g/mol. The van der Waals surface area contributed by atoms with E-state index in [0.717, 1.165) is 12.8 Å². The number of aliphatic carboxylic acids is 1. The Morgan fingerprint density at radius 3 is 1.63 bits per heavy atom. The Bertz CT molecular complexity index is 520. The average Bonchev–Trinajstić information content (AvgIpc) is 2.68. The molecule has 0 saturated heterocycles. The molecule has 0 fully saturated rings. The van der Waals surface area contributed by atoms with Gasteiger partial charge in [0, 0.05) is 0 Å². The molecule has 2 atom stereocenters. The average molecular weight is 431 g/mol. The van der Waals surface area contributed by atoms with E-state index in [9.17, 15) is 14.4 Å². The highest BCUT2D eigenvalue weighted by atomic mass is 17.2. The number of carbonyl (C=O) groups is 3.